The molecule has 0 fully saturated rings. The second-order valence-electron chi connectivity index (χ2n) is 5.01. The zero-order chi connectivity index (χ0) is 16.7. The Morgan fingerprint density at radius 3 is 2.65 bits per heavy atom. The maximum atomic E-state index is 11.5. The van der Waals surface area contributed by atoms with Gasteiger partial charge in [0.25, 0.3) is 0 Å². The number of rotatable bonds is 3. The van der Waals surface area contributed by atoms with E-state index >= 15 is 0 Å². The highest BCUT2D eigenvalue weighted by Crippen LogP contribution is 2.20. The van der Waals surface area contributed by atoms with Gasteiger partial charge in [0.05, 0.1) is 17.9 Å². The van der Waals surface area contributed by atoms with Crippen LogP contribution >= 0.6 is 0 Å². The Labute approximate surface area is 135 Å². The third kappa shape index (κ3) is 4.97. The maximum absolute atomic E-state index is 11.5. The molecule has 0 aliphatic rings. The number of nitrogen functional groups attached to an aromatic ring is 2. The van der Waals surface area contributed by atoms with Crippen LogP contribution in [0.5, 0.6) is 0 Å². The number of nitrogens with one attached hydrogen (secondary N) is 1. The van der Waals surface area contributed by atoms with Crippen LogP contribution in [0.15, 0.2) is 42.5 Å². The van der Waals surface area contributed by atoms with E-state index in [0.717, 1.165) is 16.7 Å². The van der Waals surface area contributed by atoms with Crippen LogP contribution in [0.1, 0.15) is 16.7 Å². The summed E-state index contributed by atoms with van der Waals surface area (Å²) in [6, 6.07) is 13.0. The van der Waals surface area contributed by atoms with Gasteiger partial charge in [0.1, 0.15) is 6.61 Å². The molecule has 0 spiro atoms. The molecule has 2 aromatic rings. The number of ether oxygens (including phenoxy) is 1. The van der Waals surface area contributed by atoms with Crippen molar-refractivity contribution in [2.24, 2.45) is 0 Å². The van der Waals surface area contributed by atoms with Crippen LogP contribution in [-0.4, -0.2) is 12.6 Å². The van der Waals surface area contributed by atoms with E-state index in [1.807, 2.05) is 43.3 Å². The normalized spacial score (nSPS) is 9.61. The van der Waals surface area contributed by atoms with Crippen LogP contribution in [0.3, 0.4) is 0 Å². The number of aryl methyl sites for hydroxylation is 1. The number of amides is 1. The van der Waals surface area contributed by atoms with Gasteiger partial charge in [-0.3, -0.25) is 0 Å². The number of carbonyl (C=O) groups is 1. The summed E-state index contributed by atoms with van der Waals surface area (Å²) in [7, 11) is 0. The minimum atomic E-state index is -0.504. The van der Waals surface area contributed by atoms with Gasteiger partial charge < -0.3 is 21.5 Å². The molecule has 2 aromatic carbocycles. The molecule has 0 unspecified atom stereocenters. The van der Waals surface area contributed by atoms with Crippen molar-refractivity contribution < 1.29 is 9.53 Å². The summed E-state index contributed by atoms with van der Waals surface area (Å²) in [5.41, 5.74) is 15.2. The fraction of sp³-hybridized carbons (Fsp3) is 0.167. The number of alkyl carbamates (subject to hydrolysis) is 1. The summed E-state index contributed by atoms with van der Waals surface area (Å²) in [4.78, 5) is 11.5. The maximum Gasteiger partial charge on any atom is 0.408 e. The Balaban J connectivity index is 1.80. The van der Waals surface area contributed by atoms with E-state index < -0.39 is 6.09 Å². The Hall–Kier alpha value is -3.13. The predicted molar refractivity (Wildman–Crippen MR) is 91.5 cm³/mol. The van der Waals surface area contributed by atoms with E-state index in [-0.39, 0.29) is 13.2 Å². The van der Waals surface area contributed by atoms with Crippen molar-refractivity contribution in [2.75, 3.05) is 18.0 Å². The highest BCUT2D eigenvalue weighted by molar-refractivity contribution is 5.70. The van der Waals surface area contributed by atoms with Gasteiger partial charge in [-0.25, -0.2) is 4.79 Å². The summed E-state index contributed by atoms with van der Waals surface area (Å²) in [5, 5.41) is 2.57. The van der Waals surface area contributed by atoms with E-state index in [9.17, 15) is 4.79 Å². The van der Waals surface area contributed by atoms with Gasteiger partial charge in [-0.1, -0.05) is 42.2 Å². The van der Waals surface area contributed by atoms with Crippen LogP contribution in [0.4, 0.5) is 16.2 Å². The molecular formula is C18H19N3O2. The third-order valence-electron chi connectivity index (χ3n) is 3.19. The Bertz CT molecular complexity index is 723. The molecular weight excluding hydrogens is 290 g/mol. The van der Waals surface area contributed by atoms with Gasteiger partial charge in [-0.05, 0) is 30.2 Å². The zero-order valence-corrected chi connectivity index (χ0v) is 12.9. The summed E-state index contributed by atoms with van der Waals surface area (Å²) in [6.07, 6.45) is -0.504. The fourth-order valence-electron chi connectivity index (χ4n) is 1.93. The molecule has 23 heavy (non-hydrogen) atoms. The van der Waals surface area contributed by atoms with E-state index in [4.69, 9.17) is 16.2 Å². The number of nitrogens with two attached hydrogens (primary N) is 2. The first-order valence-electron chi connectivity index (χ1n) is 7.15. The lowest BCUT2D eigenvalue weighted by atomic mass is 10.1. The number of hydrogen-bond acceptors (Lipinski definition) is 4. The van der Waals surface area contributed by atoms with Crippen molar-refractivity contribution >= 4 is 17.5 Å². The van der Waals surface area contributed by atoms with Crippen molar-refractivity contribution in [1.82, 2.24) is 5.32 Å². The lowest BCUT2D eigenvalue weighted by molar-refractivity contribution is 0.141. The molecule has 0 bridgehead atoms. The molecule has 0 saturated heterocycles. The Morgan fingerprint density at radius 1 is 1.22 bits per heavy atom. The van der Waals surface area contributed by atoms with Crippen LogP contribution in [0, 0.1) is 18.8 Å². The van der Waals surface area contributed by atoms with Crippen LogP contribution in [0.2, 0.25) is 0 Å². The van der Waals surface area contributed by atoms with Gasteiger partial charge in [-0.2, -0.15) is 0 Å². The largest absolute Gasteiger partial charge is 0.445 e. The van der Waals surface area contributed by atoms with Gasteiger partial charge in [0.15, 0.2) is 0 Å². The molecule has 0 atom stereocenters. The van der Waals surface area contributed by atoms with E-state index in [0.29, 0.717) is 11.4 Å². The number of benzene rings is 2. The first kappa shape index (κ1) is 16.2. The second kappa shape index (κ2) is 7.76. The predicted octanol–water partition coefficient (Wildman–Crippen LogP) is 2.44. The average Bonchev–Trinajstić information content (AvgIpc) is 2.55. The first-order valence-corrected chi connectivity index (χ1v) is 7.15. The summed E-state index contributed by atoms with van der Waals surface area (Å²) >= 11 is 0. The highest BCUT2D eigenvalue weighted by atomic mass is 16.5. The molecule has 0 aliphatic heterocycles. The molecule has 118 valence electrons. The van der Waals surface area contributed by atoms with E-state index in [1.54, 1.807) is 6.07 Å². The van der Waals surface area contributed by atoms with E-state index in [1.165, 1.54) is 0 Å². The molecule has 0 saturated carbocycles. The molecule has 0 aromatic heterocycles. The topological polar surface area (TPSA) is 90.4 Å². The smallest absolute Gasteiger partial charge is 0.408 e. The van der Waals surface area contributed by atoms with Crippen molar-refractivity contribution in [3.8, 4) is 11.8 Å². The monoisotopic (exact) mass is 309 g/mol. The molecule has 2 rings (SSSR count). The van der Waals surface area contributed by atoms with Crippen LogP contribution in [-0.2, 0) is 11.3 Å². The molecule has 5 N–H and O–H groups in total. The SMILES string of the molecule is Cc1cc(C#CCNC(=O)OCc2ccccc2)cc(N)c1N. The van der Waals surface area contributed by atoms with Gasteiger partial charge in [-0.15, -0.1) is 0 Å². The Morgan fingerprint density at radius 2 is 1.96 bits per heavy atom. The molecule has 0 heterocycles. The quantitative estimate of drug-likeness (QED) is 0.600. The van der Waals surface area contributed by atoms with Crippen LogP contribution in [0.25, 0.3) is 0 Å². The molecule has 5 nitrogen and oxygen atoms in total. The Kier molecular flexibility index (Phi) is 5.48. The number of anilines is 2. The van der Waals surface area contributed by atoms with Crippen molar-refractivity contribution in [1.29, 1.82) is 0 Å². The summed E-state index contributed by atoms with van der Waals surface area (Å²) in [5.74, 6) is 5.77. The first-order chi connectivity index (χ1) is 11.1. The van der Waals surface area contributed by atoms with E-state index in [2.05, 4.69) is 17.2 Å². The fourth-order valence-corrected chi connectivity index (χ4v) is 1.93. The summed E-state index contributed by atoms with van der Waals surface area (Å²) < 4.78 is 5.08. The lowest BCUT2D eigenvalue weighted by Gasteiger charge is -2.05. The standard InChI is InChI=1S/C18H19N3O2/c1-13-10-15(11-16(19)17(13)20)8-5-9-21-18(22)23-12-14-6-3-2-4-7-14/h2-4,6-7,10-11H,9,12,19-20H2,1H3,(H,21,22). The van der Waals surface area contributed by atoms with Gasteiger partial charge in [0, 0.05) is 5.56 Å². The van der Waals surface area contributed by atoms with Gasteiger partial charge >= 0.3 is 6.09 Å². The van der Waals surface area contributed by atoms with Crippen molar-refractivity contribution in [3.05, 3.63) is 59.2 Å². The third-order valence-corrected chi connectivity index (χ3v) is 3.19. The average molecular weight is 309 g/mol. The van der Waals surface area contributed by atoms with Crippen molar-refractivity contribution in [3.63, 3.8) is 0 Å². The zero-order valence-electron chi connectivity index (χ0n) is 12.9. The summed E-state index contributed by atoms with van der Waals surface area (Å²) in [6.45, 7) is 2.29. The minimum absolute atomic E-state index is 0.191. The molecule has 5 heteroatoms. The van der Waals surface area contributed by atoms with Gasteiger partial charge in [0.2, 0.25) is 0 Å². The second-order valence-corrected chi connectivity index (χ2v) is 5.01. The number of hydrogen-bond donors (Lipinski definition) is 3. The number of carbonyl (C=O) groups excluding carboxylic acids is 1. The minimum Gasteiger partial charge on any atom is -0.445 e. The van der Waals surface area contributed by atoms with Crippen LogP contribution < -0.4 is 16.8 Å². The molecule has 0 radical (unpaired) electrons. The highest BCUT2D eigenvalue weighted by Gasteiger charge is 2.01. The lowest BCUT2D eigenvalue weighted by Crippen LogP contribution is -2.24. The molecule has 0 aliphatic carbocycles. The van der Waals surface area contributed by atoms with Crippen molar-refractivity contribution in [2.45, 2.75) is 13.5 Å². The molecule has 1 amide bonds.